The van der Waals surface area contributed by atoms with Gasteiger partial charge in [0.25, 0.3) is 0 Å². The summed E-state index contributed by atoms with van der Waals surface area (Å²) in [5, 5.41) is 19.6. The zero-order valence-electron chi connectivity index (χ0n) is 9.31. The molecule has 1 rings (SSSR count). The molecule has 0 aromatic rings. The molecule has 7 nitrogen and oxygen atoms in total. The monoisotopic (exact) mass is 244 g/mol. The van der Waals surface area contributed by atoms with E-state index < -0.39 is 35.7 Å². The van der Waals surface area contributed by atoms with Crippen molar-refractivity contribution in [2.24, 2.45) is 11.1 Å². The van der Waals surface area contributed by atoms with Crippen molar-refractivity contribution in [2.45, 2.75) is 31.7 Å². The minimum Gasteiger partial charge on any atom is -0.481 e. The molecule has 0 aliphatic heterocycles. The zero-order valence-corrected chi connectivity index (χ0v) is 9.31. The smallest absolute Gasteiger partial charge is 0.326 e. The topological polar surface area (TPSA) is 130 Å². The molecule has 0 aromatic heterocycles. The maximum atomic E-state index is 11.8. The van der Waals surface area contributed by atoms with Crippen molar-refractivity contribution in [3.8, 4) is 0 Å². The maximum Gasteiger partial charge on any atom is 0.326 e. The normalized spacial score (nSPS) is 18.9. The van der Waals surface area contributed by atoms with Crippen molar-refractivity contribution < 1.29 is 24.6 Å². The van der Waals surface area contributed by atoms with E-state index in [0.29, 0.717) is 12.8 Å². The fourth-order valence-corrected chi connectivity index (χ4v) is 1.81. The molecule has 0 radical (unpaired) electrons. The number of hydrogen-bond donors (Lipinski definition) is 4. The molecule has 0 saturated heterocycles. The van der Waals surface area contributed by atoms with Crippen molar-refractivity contribution >= 4 is 17.8 Å². The summed E-state index contributed by atoms with van der Waals surface area (Å²) in [4.78, 5) is 33.1. The molecule has 0 spiro atoms. The van der Waals surface area contributed by atoms with Crippen molar-refractivity contribution in [3.63, 3.8) is 0 Å². The van der Waals surface area contributed by atoms with Gasteiger partial charge in [0, 0.05) is 6.54 Å². The van der Waals surface area contributed by atoms with Crippen LogP contribution >= 0.6 is 0 Å². The lowest BCUT2D eigenvalue weighted by molar-refractivity contribution is -0.149. The van der Waals surface area contributed by atoms with Crippen LogP contribution in [0, 0.1) is 5.41 Å². The summed E-state index contributed by atoms with van der Waals surface area (Å²) >= 11 is 0. The Morgan fingerprint density at radius 1 is 1.29 bits per heavy atom. The predicted molar refractivity (Wildman–Crippen MR) is 57.2 cm³/mol. The first-order chi connectivity index (χ1) is 7.91. The Balaban J connectivity index is 2.63. The van der Waals surface area contributed by atoms with Crippen LogP contribution in [0.1, 0.15) is 25.7 Å². The Kier molecular flexibility index (Phi) is 4.06. The molecule has 0 aromatic carbocycles. The molecule has 1 aliphatic carbocycles. The number of carboxylic acids is 2. The summed E-state index contributed by atoms with van der Waals surface area (Å²) in [6.07, 6.45) is 1.48. The summed E-state index contributed by atoms with van der Waals surface area (Å²) in [5.41, 5.74) is 4.80. The quantitative estimate of drug-likeness (QED) is 0.482. The second-order valence-electron chi connectivity index (χ2n) is 4.30. The van der Waals surface area contributed by atoms with E-state index in [1.54, 1.807) is 0 Å². The van der Waals surface area contributed by atoms with Crippen LogP contribution in [0.3, 0.4) is 0 Å². The molecule has 7 heteroatoms. The summed E-state index contributed by atoms with van der Waals surface area (Å²) in [5.74, 6) is -3.08. The standard InChI is InChI=1S/C10H16N2O5/c11-5-10(2-1-3-10)9(17)12-6(8(15)16)4-7(13)14/h6H,1-5,11H2,(H,12,17)(H,13,14)(H,15,16). The molecule has 1 atom stereocenters. The van der Waals surface area contributed by atoms with E-state index in [4.69, 9.17) is 15.9 Å². The molecule has 0 bridgehead atoms. The highest BCUT2D eigenvalue weighted by molar-refractivity contribution is 5.90. The average molecular weight is 244 g/mol. The van der Waals surface area contributed by atoms with Crippen molar-refractivity contribution in [3.05, 3.63) is 0 Å². The average Bonchev–Trinajstić information content (AvgIpc) is 2.14. The molecule has 1 amide bonds. The predicted octanol–water partition coefficient (Wildman–Crippen LogP) is -0.841. The van der Waals surface area contributed by atoms with E-state index in [1.807, 2.05) is 0 Å². The summed E-state index contributed by atoms with van der Waals surface area (Å²) < 4.78 is 0. The van der Waals surface area contributed by atoms with Gasteiger partial charge in [0.15, 0.2) is 0 Å². The number of amides is 1. The third-order valence-corrected chi connectivity index (χ3v) is 3.17. The highest BCUT2D eigenvalue weighted by Crippen LogP contribution is 2.40. The maximum absolute atomic E-state index is 11.8. The first-order valence-electron chi connectivity index (χ1n) is 5.37. The second-order valence-corrected chi connectivity index (χ2v) is 4.30. The van der Waals surface area contributed by atoms with Crippen molar-refractivity contribution in [1.82, 2.24) is 5.32 Å². The number of hydrogen-bond acceptors (Lipinski definition) is 4. The van der Waals surface area contributed by atoms with Gasteiger partial charge in [-0.2, -0.15) is 0 Å². The molecule has 5 N–H and O–H groups in total. The second kappa shape index (κ2) is 5.13. The first-order valence-corrected chi connectivity index (χ1v) is 5.37. The number of carboxylic acid groups (broad SMARTS) is 2. The molecule has 1 unspecified atom stereocenters. The molecule has 96 valence electrons. The lowest BCUT2D eigenvalue weighted by atomic mass is 9.68. The molecular formula is C10H16N2O5. The number of nitrogens with one attached hydrogen (secondary N) is 1. The Labute approximate surface area is 98.0 Å². The molecule has 1 aliphatic rings. The summed E-state index contributed by atoms with van der Waals surface area (Å²) in [6, 6.07) is -1.40. The van der Waals surface area contributed by atoms with Crippen LogP contribution in [0.5, 0.6) is 0 Å². The van der Waals surface area contributed by atoms with Gasteiger partial charge in [0.05, 0.1) is 11.8 Å². The van der Waals surface area contributed by atoms with Gasteiger partial charge in [0.1, 0.15) is 6.04 Å². The first kappa shape index (κ1) is 13.4. The van der Waals surface area contributed by atoms with Gasteiger partial charge in [-0.3, -0.25) is 9.59 Å². The lowest BCUT2D eigenvalue weighted by Crippen LogP contribution is -2.54. The Bertz CT molecular complexity index is 332. The van der Waals surface area contributed by atoms with Crippen LogP contribution < -0.4 is 11.1 Å². The Hall–Kier alpha value is -1.63. The number of aliphatic carboxylic acids is 2. The van der Waals surface area contributed by atoms with E-state index in [1.165, 1.54) is 0 Å². The van der Waals surface area contributed by atoms with Gasteiger partial charge >= 0.3 is 11.9 Å². The van der Waals surface area contributed by atoms with Gasteiger partial charge in [-0.25, -0.2) is 4.79 Å². The third kappa shape index (κ3) is 2.94. The Morgan fingerprint density at radius 3 is 2.18 bits per heavy atom. The van der Waals surface area contributed by atoms with Crippen LogP contribution in [0.4, 0.5) is 0 Å². The van der Waals surface area contributed by atoms with E-state index in [9.17, 15) is 14.4 Å². The molecular weight excluding hydrogens is 228 g/mol. The van der Waals surface area contributed by atoms with Crippen LogP contribution in [0.15, 0.2) is 0 Å². The zero-order chi connectivity index (χ0) is 13.1. The van der Waals surface area contributed by atoms with E-state index in [-0.39, 0.29) is 6.54 Å². The van der Waals surface area contributed by atoms with Crippen molar-refractivity contribution in [1.29, 1.82) is 0 Å². The van der Waals surface area contributed by atoms with E-state index in [2.05, 4.69) is 5.32 Å². The van der Waals surface area contributed by atoms with Gasteiger partial charge in [-0.1, -0.05) is 6.42 Å². The summed E-state index contributed by atoms with van der Waals surface area (Å²) in [6.45, 7) is 0.151. The molecule has 17 heavy (non-hydrogen) atoms. The lowest BCUT2D eigenvalue weighted by Gasteiger charge is -2.39. The Morgan fingerprint density at radius 2 is 1.88 bits per heavy atom. The van der Waals surface area contributed by atoms with Gasteiger partial charge in [-0.05, 0) is 12.8 Å². The number of nitrogens with two attached hydrogens (primary N) is 1. The minimum atomic E-state index is -1.40. The van der Waals surface area contributed by atoms with Gasteiger partial charge in [-0.15, -0.1) is 0 Å². The highest BCUT2D eigenvalue weighted by atomic mass is 16.4. The number of carbonyl (C=O) groups excluding carboxylic acids is 1. The van der Waals surface area contributed by atoms with Gasteiger partial charge in [0.2, 0.25) is 5.91 Å². The van der Waals surface area contributed by atoms with Gasteiger partial charge < -0.3 is 21.3 Å². The number of rotatable bonds is 6. The van der Waals surface area contributed by atoms with E-state index in [0.717, 1.165) is 6.42 Å². The molecule has 1 saturated carbocycles. The molecule has 0 heterocycles. The van der Waals surface area contributed by atoms with Crippen LogP contribution in [-0.2, 0) is 14.4 Å². The van der Waals surface area contributed by atoms with Crippen LogP contribution in [0.2, 0.25) is 0 Å². The fourth-order valence-electron chi connectivity index (χ4n) is 1.81. The van der Waals surface area contributed by atoms with Crippen LogP contribution in [-0.4, -0.2) is 40.6 Å². The summed E-state index contributed by atoms with van der Waals surface area (Å²) in [7, 11) is 0. The fraction of sp³-hybridized carbons (Fsp3) is 0.700. The minimum absolute atomic E-state index is 0.151. The third-order valence-electron chi connectivity index (χ3n) is 3.17. The molecule has 1 fully saturated rings. The SMILES string of the molecule is NCC1(C(=O)NC(CC(=O)O)C(=O)O)CCC1. The largest absolute Gasteiger partial charge is 0.481 e. The van der Waals surface area contributed by atoms with E-state index >= 15 is 0 Å². The number of carbonyl (C=O) groups is 3. The van der Waals surface area contributed by atoms with Crippen LogP contribution in [0.25, 0.3) is 0 Å². The highest BCUT2D eigenvalue weighted by Gasteiger charge is 2.44. The van der Waals surface area contributed by atoms with Crippen molar-refractivity contribution in [2.75, 3.05) is 6.54 Å².